The molecule has 0 aliphatic heterocycles. The summed E-state index contributed by atoms with van der Waals surface area (Å²) in [6, 6.07) is 8.41. The van der Waals surface area contributed by atoms with Gasteiger partial charge in [0.2, 0.25) is 11.9 Å². The SMILES string of the molecule is CC(=O)N[C@H]1CC[C@H](Nc2ncc(F)c(-c3ccnc(-n4ccccc4=O)c3)n2)CC1. The van der Waals surface area contributed by atoms with Crippen LogP contribution in [-0.2, 0) is 4.79 Å². The summed E-state index contributed by atoms with van der Waals surface area (Å²) in [7, 11) is 0. The Balaban J connectivity index is 1.53. The molecule has 160 valence electrons. The molecule has 8 nitrogen and oxygen atoms in total. The average Bonchev–Trinajstić information content (AvgIpc) is 2.76. The van der Waals surface area contributed by atoms with E-state index in [9.17, 15) is 14.0 Å². The highest BCUT2D eigenvalue weighted by Crippen LogP contribution is 2.25. The lowest BCUT2D eigenvalue weighted by atomic mass is 9.91. The first kappa shape index (κ1) is 20.6. The van der Waals surface area contributed by atoms with E-state index in [4.69, 9.17) is 0 Å². The molecule has 31 heavy (non-hydrogen) atoms. The number of hydrogen-bond donors (Lipinski definition) is 2. The molecule has 1 saturated carbocycles. The van der Waals surface area contributed by atoms with Crippen LogP contribution in [0.3, 0.4) is 0 Å². The highest BCUT2D eigenvalue weighted by molar-refractivity contribution is 5.73. The second-order valence-electron chi connectivity index (χ2n) is 7.60. The lowest BCUT2D eigenvalue weighted by Crippen LogP contribution is -2.39. The van der Waals surface area contributed by atoms with Gasteiger partial charge < -0.3 is 10.6 Å². The maximum Gasteiger partial charge on any atom is 0.256 e. The number of carbonyl (C=O) groups excluding carboxylic acids is 1. The minimum Gasteiger partial charge on any atom is -0.354 e. The van der Waals surface area contributed by atoms with Gasteiger partial charge in [-0.05, 0) is 43.9 Å². The van der Waals surface area contributed by atoms with Crippen LogP contribution in [0.15, 0.2) is 53.7 Å². The number of halogens is 1. The van der Waals surface area contributed by atoms with Gasteiger partial charge in [0.25, 0.3) is 5.56 Å². The van der Waals surface area contributed by atoms with E-state index in [-0.39, 0.29) is 29.2 Å². The molecule has 1 amide bonds. The molecule has 0 radical (unpaired) electrons. The van der Waals surface area contributed by atoms with Gasteiger partial charge in [-0.1, -0.05) is 6.07 Å². The number of nitrogens with zero attached hydrogens (tertiary/aromatic N) is 4. The molecular weight excluding hydrogens is 399 g/mol. The molecule has 9 heteroatoms. The predicted octanol–water partition coefficient (Wildman–Crippen LogP) is 2.69. The highest BCUT2D eigenvalue weighted by atomic mass is 19.1. The van der Waals surface area contributed by atoms with E-state index in [2.05, 4.69) is 25.6 Å². The number of carbonyl (C=O) groups is 1. The molecule has 3 aromatic heterocycles. The fourth-order valence-electron chi connectivity index (χ4n) is 3.81. The molecule has 0 unspecified atom stereocenters. The van der Waals surface area contributed by atoms with Crippen molar-refractivity contribution in [2.24, 2.45) is 0 Å². The van der Waals surface area contributed by atoms with Crippen molar-refractivity contribution in [2.75, 3.05) is 5.32 Å². The molecular formula is C22H23FN6O2. The molecule has 0 bridgehead atoms. The number of nitrogens with one attached hydrogen (secondary N) is 2. The van der Waals surface area contributed by atoms with Gasteiger partial charge in [0.15, 0.2) is 5.82 Å². The van der Waals surface area contributed by atoms with E-state index in [0.29, 0.717) is 17.3 Å². The lowest BCUT2D eigenvalue weighted by Gasteiger charge is -2.29. The van der Waals surface area contributed by atoms with E-state index in [1.165, 1.54) is 23.8 Å². The number of aromatic nitrogens is 4. The molecule has 4 rings (SSSR count). The Labute approximate surface area is 178 Å². The first-order valence-electron chi connectivity index (χ1n) is 10.2. The summed E-state index contributed by atoms with van der Waals surface area (Å²) in [4.78, 5) is 36.0. The third kappa shape index (κ3) is 4.93. The zero-order valence-electron chi connectivity index (χ0n) is 17.1. The van der Waals surface area contributed by atoms with Crippen LogP contribution in [0.1, 0.15) is 32.6 Å². The lowest BCUT2D eigenvalue weighted by molar-refractivity contribution is -0.119. The Hall–Kier alpha value is -3.62. The maximum absolute atomic E-state index is 14.5. The average molecular weight is 422 g/mol. The van der Waals surface area contributed by atoms with Crippen LogP contribution in [0.5, 0.6) is 0 Å². The van der Waals surface area contributed by atoms with Gasteiger partial charge in [0, 0.05) is 43.0 Å². The molecule has 3 heterocycles. The molecule has 1 fully saturated rings. The summed E-state index contributed by atoms with van der Waals surface area (Å²) < 4.78 is 15.9. The quantitative estimate of drug-likeness (QED) is 0.656. The topological polar surface area (TPSA) is 102 Å². The third-order valence-electron chi connectivity index (χ3n) is 5.30. The summed E-state index contributed by atoms with van der Waals surface area (Å²) >= 11 is 0. The van der Waals surface area contributed by atoms with Crippen LogP contribution in [0.25, 0.3) is 17.1 Å². The van der Waals surface area contributed by atoms with Crippen molar-refractivity contribution in [2.45, 2.75) is 44.7 Å². The Bertz CT molecular complexity index is 1140. The number of pyridine rings is 2. The van der Waals surface area contributed by atoms with Gasteiger partial charge in [0.05, 0.1) is 6.20 Å². The molecule has 1 aliphatic rings. The van der Waals surface area contributed by atoms with Crippen molar-refractivity contribution in [3.63, 3.8) is 0 Å². The molecule has 0 aromatic carbocycles. The fraction of sp³-hybridized carbons (Fsp3) is 0.318. The first-order valence-corrected chi connectivity index (χ1v) is 10.2. The third-order valence-corrected chi connectivity index (χ3v) is 5.30. The van der Waals surface area contributed by atoms with Gasteiger partial charge in [0.1, 0.15) is 11.5 Å². The molecule has 0 saturated heterocycles. The minimum atomic E-state index is -0.558. The standard InChI is InChI=1S/C22H23FN6O2/c1-14(30)26-16-5-7-17(8-6-16)27-22-25-13-18(23)21(28-22)15-9-10-24-19(12-15)29-11-3-2-4-20(29)31/h2-4,9-13,16-17H,5-8H2,1H3,(H,26,30)(H,25,27,28)/t16-,17-. The second kappa shape index (κ2) is 9.03. The van der Waals surface area contributed by atoms with Crippen molar-refractivity contribution < 1.29 is 9.18 Å². The van der Waals surface area contributed by atoms with E-state index in [0.717, 1.165) is 31.9 Å². The highest BCUT2D eigenvalue weighted by Gasteiger charge is 2.22. The molecule has 3 aromatic rings. The van der Waals surface area contributed by atoms with Gasteiger partial charge in [-0.25, -0.2) is 19.3 Å². The van der Waals surface area contributed by atoms with Gasteiger partial charge in [-0.3, -0.25) is 14.2 Å². The maximum atomic E-state index is 14.5. The van der Waals surface area contributed by atoms with Crippen molar-refractivity contribution in [3.8, 4) is 17.1 Å². The van der Waals surface area contributed by atoms with Crippen LogP contribution in [0.2, 0.25) is 0 Å². The summed E-state index contributed by atoms with van der Waals surface area (Å²) in [5.74, 6) is 0.149. The second-order valence-corrected chi connectivity index (χ2v) is 7.60. The Morgan fingerprint density at radius 3 is 2.65 bits per heavy atom. The van der Waals surface area contributed by atoms with E-state index < -0.39 is 5.82 Å². The summed E-state index contributed by atoms with van der Waals surface area (Å²) in [5, 5.41) is 6.22. The number of anilines is 1. The van der Waals surface area contributed by atoms with Gasteiger partial charge in [-0.15, -0.1) is 0 Å². The number of amides is 1. The van der Waals surface area contributed by atoms with Crippen molar-refractivity contribution in [1.29, 1.82) is 0 Å². The number of hydrogen-bond acceptors (Lipinski definition) is 6. The summed E-state index contributed by atoms with van der Waals surface area (Å²) in [6.45, 7) is 1.52. The smallest absolute Gasteiger partial charge is 0.256 e. The van der Waals surface area contributed by atoms with E-state index in [1.54, 1.807) is 30.5 Å². The first-order chi connectivity index (χ1) is 15.0. The Morgan fingerprint density at radius 2 is 1.90 bits per heavy atom. The monoisotopic (exact) mass is 422 g/mol. The van der Waals surface area contributed by atoms with Crippen LogP contribution in [0.4, 0.5) is 10.3 Å². The summed E-state index contributed by atoms with van der Waals surface area (Å²) in [6.07, 6.45) is 7.71. The zero-order chi connectivity index (χ0) is 21.8. The van der Waals surface area contributed by atoms with Crippen LogP contribution in [-0.4, -0.2) is 37.5 Å². The zero-order valence-corrected chi connectivity index (χ0v) is 17.1. The van der Waals surface area contributed by atoms with E-state index in [1.807, 2.05) is 0 Å². The van der Waals surface area contributed by atoms with Crippen molar-refractivity contribution >= 4 is 11.9 Å². The molecule has 0 spiro atoms. The summed E-state index contributed by atoms with van der Waals surface area (Å²) in [5.41, 5.74) is 0.405. The van der Waals surface area contributed by atoms with Crippen molar-refractivity contribution in [1.82, 2.24) is 24.8 Å². The van der Waals surface area contributed by atoms with Gasteiger partial charge in [-0.2, -0.15) is 0 Å². The van der Waals surface area contributed by atoms with Crippen LogP contribution in [0, 0.1) is 5.82 Å². The Morgan fingerprint density at radius 1 is 1.13 bits per heavy atom. The van der Waals surface area contributed by atoms with Crippen LogP contribution < -0.4 is 16.2 Å². The van der Waals surface area contributed by atoms with Gasteiger partial charge >= 0.3 is 0 Å². The van der Waals surface area contributed by atoms with Crippen LogP contribution >= 0.6 is 0 Å². The number of rotatable bonds is 5. The van der Waals surface area contributed by atoms with E-state index >= 15 is 0 Å². The minimum absolute atomic E-state index is 0.0163. The Kier molecular flexibility index (Phi) is 6.01. The largest absolute Gasteiger partial charge is 0.354 e. The predicted molar refractivity (Wildman–Crippen MR) is 114 cm³/mol. The molecule has 2 N–H and O–H groups in total. The molecule has 1 aliphatic carbocycles. The fourth-order valence-corrected chi connectivity index (χ4v) is 3.81. The normalized spacial score (nSPS) is 18.4. The molecule has 0 atom stereocenters. The van der Waals surface area contributed by atoms with Crippen molar-refractivity contribution in [3.05, 3.63) is 65.1 Å².